The normalized spacial score (nSPS) is 11.4. The maximum Gasteiger partial charge on any atom is 0.332 e. The second-order valence-electron chi connectivity index (χ2n) is 6.66. The number of imidazole rings is 1. The Bertz CT molecular complexity index is 1230. The number of unbranched alkanes of at least 4 members (excludes halogenated alkanes) is 1. The molecule has 3 heterocycles. The van der Waals surface area contributed by atoms with Crippen molar-refractivity contribution in [1.29, 1.82) is 0 Å². The van der Waals surface area contributed by atoms with Crippen LogP contribution in [-0.4, -0.2) is 29.2 Å². The van der Waals surface area contributed by atoms with Crippen LogP contribution in [0.25, 0.3) is 22.6 Å². The van der Waals surface area contributed by atoms with Crippen LogP contribution in [0.1, 0.15) is 24.5 Å². The van der Waals surface area contributed by atoms with E-state index >= 15 is 0 Å². The van der Waals surface area contributed by atoms with E-state index < -0.39 is 0 Å². The molecule has 0 aliphatic carbocycles. The smallest absolute Gasteiger partial charge is 0.332 e. The van der Waals surface area contributed by atoms with E-state index in [1.165, 1.54) is 9.13 Å². The number of hydrogen-bond acceptors (Lipinski definition) is 6. The first-order valence-corrected chi connectivity index (χ1v) is 9.09. The highest BCUT2D eigenvalue weighted by molar-refractivity contribution is 5.69. The summed E-state index contributed by atoms with van der Waals surface area (Å²) in [7, 11) is 1.62. The Hall–Kier alpha value is -3.49. The van der Waals surface area contributed by atoms with E-state index in [2.05, 4.69) is 20.1 Å². The number of fused-ring (bicyclic) bond motifs is 1. The second-order valence-corrected chi connectivity index (χ2v) is 6.66. The van der Waals surface area contributed by atoms with Crippen LogP contribution in [0.2, 0.25) is 0 Å². The zero-order valence-corrected chi connectivity index (χ0v) is 15.7. The maximum absolute atomic E-state index is 12.6. The van der Waals surface area contributed by atoms with Crippen molar-refractivity contribution in [2.75, 3.05) is 0 Å². The van der Waals surface area contributed by atoms with Crippen LogP contribution in [0.3, 0.4) is 0 Å². The van der Waals surface area contributed by atoms with Gasteiger partial charge in [0.05, 0.1) is 0 Å². The molecule has 0 aliphatic rings. The van der Waals surface area contributed by atoms with E-state index in [9.17, 15) is 9.59 Å². The highest BCUT2D eigenvalue weighted by atomic mass is 16.5. The summed E-state index contributed by atoms with van der Waals surface area (Å²) in [5.41, 5.74) is 0.897. The van der Waals surface area contributed by atoms with Gasteiger partial charge in [-0.15, -0.1) is 0 Å². The molecule has 0 atom stereocenters. The molecule has 0 fully saturated rings. The van der Waals surface area contributed by atoms with E-state index in [1.807, 2.05) is 30.3 Å². The Morgan fingerprint density at radius 2 is 1.89 bits per heavy atom. The van der Waals surface area contributed by atoms with Crippen LogP contribution in [0.15, 0.2) is 44.4 Å². The van der Waals surface area contributed by atoms with Gasteiger partial charge >= 0.3 is 5.69 Å². The molecule has 0 saturated heterocycles. The van der Waals surface area contributed by atoms with Gasteiger partial charge in [-0.1, -0.05) is 23.4 Å². The van der Waals surface area contributed by atoms with Gasteiger partial charge < -0.3 is 9.51 Å². The zero-order valence-electron chi connectivity index (χ0n) is 15.7. The van der Waals surface area contributed by atoms with Crippen LogP contribution in [0.5, 0.6) is 0 Å². The van der Waals surface area contributed by atoms with Crippen molar-refractivity contribution in [3.8, 4) is 11.5 Å². The quantitative estimate of drug-likeness (QED) is 0.511. The van der Waals surface area contributed by atoms with Gasteiger partial charge in [-0.05, 0) is 31.9 Å². The lowest BCUT2D eigenvalue weighted by Gasteiger charge is -2.07. The Morgan fingerprint density at radius 3 is 2.68 bits per heavy atom. The molecule has 0 saturated carbocycles. The van der Waals surface area contributed by atoms with Crippen LogP contribution < -0.4 is 11.2 Å². The largest absolute Gasteiger partial charge is 0.336 e. The van der Waals surface area contributed by atoms with Crippen LogP contribution in [0.4, 0.5) is 0 Å². The molecule has 28 heavy (non-hydrogen) atoms. The van der Waals surface area contributed by atoms with Crippen LogP contribution in [0, 0.1) is 6.92 Å². The fraction of sp³-hybridized carbons (Fsp3) is 0.316. The first kappa shape index (κ1) is 17.9. The number of aromatic nitrogens is 6. The van der Waals surface area contributed by atoms with Gasteiger partial charge in [0.2, 0.25) is 0 Å². The zero-order chi connectivity index (χ0) is 19.7. The first-order valence-electron chi connectivity index (χ1n) is 9.09. The molecule has 0 radical (unpaired) electrons. The second kappa shape index (κ2) is 7.26. The molecule has 4 rings (SSSR count). The minimum atomic E-state index is -0.366. The Kier molecular flexibility index (Phi) is 4.64. The summed E-state index contributed by atoms with van der Waals surface area (Å²) in [6.45, 7) is 2.08. The number of nitrogens with zero attached hydrogens (tertiary/aromatic N) is 5. The van der Waals surface area contributed by atoms with Gasteiger partial charge in [-0.3, -0.25) is 13.9 Å². The molecule has 0 bridgehead atoms. The molecule has 0 unspecified atom stereocenters. The standard InChI is InChI=1S/C19H20N6O3/c1-12-20-15-16(21-12)24(2)19(27)25(18(15)26)11-7-6-10-14-22-17(28-23-14)13-8-4-3-5-9-13/h3-5,8-9H,6-7,10-11H2,1-2H3,(H,20,21). The maximum atomic E-state index is 12.6. The lowest BCUT2D eigenvalue weighted by molar-refractivity contribution is 0.420. The molecular weight excluding hydrogens is 360 g/mol. The summed E-state index contributed by atoms with van der Waals surface area (Å²) >= 11 is 0. The summed E-state index contributed by atoms with van der Waals surface area (Å²) in [5.74, 6) is 1.70. The van der Waals surface area contributed by atoms with Gasteiger partial charge in [0.1, 0.15) is 11.3 Å². The fourth-order valence-corrected chi connectivity index (χ4v) is 3.17. The topological polar surface area (TPSA) is 112 Å². The molecule has 3 aromatic heterocycles. The van der Waals surface area contributed by atoms with E-state index in [-0.39, 0.29) is 11.2 Å². The average Bonchev–Trinajstić information content (AvgIpc) is 3.33. The van der Waals surface area contributed by atoms with Crippen molar-refractivity contribution in [2.24, 2.45) is 7.05 Å². The average molecular weight is 380 g/mol. The van der Waals surface area contributed by atoms with Crippen molar-refractivity contribution < 1.29 is 4.52 Å². The predicted molar refractivity (Wildman–Crippen MR) is 103 cm³/mol. The van der Waals surface area contributed by atoms with Gasteiger partial charge in [0.15, 0.2) is 11.5 Å². The number of H-pyrrole nitrogens is 1. The monoisotopic (exact) mass is 380 g/mol. The molecule has 4 aromatic rings. The minimum Gasteiger partial charge on any atom is -0.336 e. The van der Waals surface area contributed by atoms with Crippen LogP contribution in [-0.2, 0) is 20.0 Å². The van der Waals surface area contributed by atoms with E-state index in [1.54, 1.807) is 14.0 Å². The summed E-state index contributed by atoms with van der Waals surface area (Å²) in [6.07, 6.45) is 1.98. The Labute approximate surface area is 159 Å². The third-order valence-corrected chi connectivity index (χ3v) is 4.62. The summed E-state index contributed by atoms with van der Waals surface area (Å²) in [4.78, 5) is 36.6. The minimum absolute atomic E-state index is 0.322. The summed E-state index contributed by atoms with van der Waals surface area (Å²) in [5, 5.41) is 4.00. The molecule has 1 aromatic carbocycles. The number of aryl methyl sites for hydroxylation is 3. The van der Waals surface area contributed by atoms with Gasteiger partial charge in [0.25, 0.3) is 11.4 Å². The third kappa shape index (κ3) is 3.26. The molecule has 144 valence electrons. The Morgan fingerprint density at radius 1 is 1.11 bits per heavy atom. The fourth-order valence-electron chi connectivity index (χ4n) is 3.17. The number of hydrogen-bond donors (Lipinski definition) is 1. The molecule has 9 heteroatoms. The van der Waals surface area contributed by atoms with E-state index in [0.717, 1.165) is 12.0 Å². The lowest BCUT2D eigenvalue weighted by atomic mass is 10.2. The molecule has 0 amide bonds. The number of nitrogens with one attached hydrogen (secondary N) is 1. The number of benzene rings is 1. The Balaban J connectivity index is 1.43. The molecule has 1 N–H and O–H groups in total. The molecule has 0 spiro atoms. The summed E-state index contributed by atoms with van der Waals surface area (Å²) < 4.78 is 7.93. The molecule has 0 aliphatic heterocycles. The predicted octanol–water partition coefficient (Wildman–Crippen LogP) is 1.80. The van der Waals surface area contributed by atoms with Crippen molar-refractivity contribution in [1.82, 2.24) is 29.2 Å². The van der Waals surface area contributed by atoms with E-state index in [0.29, 0.717) is 48.1 Å². The lowest BCUT2D eigenvalue weighted by Crippen LogP contribution is -2.39. The number of rotatable bonds is 6. The van der Waals surface area contributed by atoms with Crippen molar-refractivity contribution in [3.05, 3.63) is 62.8 Å². The van der Waals surface area contributed by atoms with Gasteiger partial charge in [0, 0.05) is 25.6 Å². The first-order chi connectivity index (χ1) is 13.5. The van der Waals surface area contributed by atoms with Gasteiger partial charge in [-0.25, -0.2) is 9.78 Å². The summed E-state index contributed by atoms with van der Waals surface area (Å²) in [6, 6.07) is 9.57. The number of aromatic amines is 1. The van der Waals surface area contributed by atoms with Crippen molar-refractivity contribution in [2.45, 2.75) is 32.7 Å². The highest BCUT2D eigenvalue weighted by Crippen LogP contribution is 2.16. The highest BCUT2D eigenvalue weighted by Gasteiger charge is 2.14. The SMILES string of the molecule is Cc1nc2c([nH]1)c(=O)n(CCCCc1noc(-c3ccccc3)n1)c(=O)n2C. The van der Waals surface area contributed by atoms with Gasteiger partial charge in [-0.2, -0.15) is 4.98 Å². The molecular formula is C19H20N6O3. The van der Waals surface area contributed by atoms with Crippen LogP contribution >= 0.6 is 0 Å². The molecule has 9 nitrogen and oxygen atoms in total. The van der Waals surface area contributed by atoms with E-state index in [4.69, 9.17) is 4.52 Å². The third-order valence-electron chi connectivity index (χ3n) is 4.62. The van der Waals surface area contributed by atoms with Crippen molar-refractivity contribution >= 4 is 11.2 Å². The van der Waals surface area contributed by atoms with Crippen molar-refractivity contribution in [3.63, 3.8) is 0 Å².